The summed E-state index contributed by atoms with van der Waals surface area (Å²) in [4.78, 5) is 7.52. The highest BCUT2D eigenvalue weighted by atomic mass is 79.9. The van der Waals surface area contributed by atoms with Gasteiger partial charge in [-0.25, -0.2) is 19.0 Å². The van der Waals surface area contributed by atoms with Crippen molar-refractivity contribution in [3.05, 3.63) is 23.5 Å². The monoisotopic (exact) mass is 376 g/mol. The average molecular weight is 378 g/mol. The van der Waals surface area contributed by atoms with Crippen LogP contribution in [0.15, 0.2) is 12.4 Å². The maximum atomic E-state index is 13.9. The molecule has 0 N–H and O–H groups in total. The van der Waals surface area contributed by atoms with E-state index in [0.29, 0.717) is 18.1 Å². The zero-order valence-corrected chi connectivity index (χ0v) is 13.9. The summed E-state index contributed by atoms with van der Waals surface area (Å²) in [5.74, 6) is -0.0842. The minimum absolute atomic E-state index is 0.0153. The van der Waals surface area contributed by atoms with Gasteiger partial charge in [0.15, 0.2) is 5.82 Å². The second-order valence-corrected chi connectivity index (χ2v) is 5.55. The van der Waals surface area contributed by atoms with Gasteiger partial charge in [-0.3, -0.25) is 0 Å². The van der Waals surface area contributed by atoms with Crippen LogP contribution in [0.2, 0.25) is 5.28 Å². The van der Waals surface area contributed by atoms with E-state index in [4.69, 9.17) is 16.3 Å². The molecule has 0 amide bonds. The standard InChI is InChI=1S/C13H15BrClFN4O/c1-20-12(21-6-4-2-3-5-14)9(7-18-20)11-10(16)8-17-13(15)19-11/h7-8H,2-6H2,1H3. The van der Waals surface area contributed by atoms with Crippen molar-refractivity contribution in [1.82, 2.24) is 19.7 Å². The Kier molecular flexibility index (Phi) is 5.93. The van der Waals surface area contributed by atoms with Crippen LogP contribution >= 0.6 is 27.5 Å². The second kappa shape index (κ2) is 7.70. The number of aryl methyl sites for hydroxylation is 1. The minimum Gasteiger partial charge on any atom is -0.477 e. The van der Waals surface area contributed by atoms with Crippen molar-refractivity contribution < 1.29 is 9.13 Å². The van der Waals surface area contributed by atoms with E-state index in [2.05, 4.69) is 31.0 Å². The molecular formula is C13H15BrClFN4O. The fourth-order valence-electron chi connectivity index (χ4n) is 1.84. The first-order chi connectivity index (χ1) is 10.1. The van der Waals surface area contributed by atoms with E-state index in [-0.39, 0.29) is 11.0 Å². The molecule has 0 aromatic carbocycles. The first-order valence-electron chi connectivity index (χ1n) is 6.52. The molecule has 0 aliphatic heterocycles. The molecule has 0 bridgehead atoms. The molecule has 0 saturated heterocycles. The number of halogens is 3. The summed E-state index contributed by atoms with van der Waals surface area (Å²) in [5, 5.41) is 5.06. The van der Waals surface area contributed by atoms with Gasteiger partial charge in [0.05, 0.1) is 24.6 Å². The van der Waals surface area contributed by atoms with Crippen molar-refractivity contribution in [3.8, 4) is 17.1 Å². The Bertz CT molecular complexity index is 608. The van der Waals surface area contributed by atoms with E-state index in [9.17, 15) is 4.39 Å². The maximum absolute atomic E-state index is 13.9. The molecule has 0 fully saturated rings. The highest BCUT2D eigenvalue weighted by molar-refractivity contribution is 9.09. The Balaban J connectivity index is 2.16. The lowest BCUT2D eigenvalue weighted by molar-refractivity contribution is 0.282. The highest BCUT2D eigenvalue weighted by Crippen LogP contribution is 2.30. The molecule has 2 aromatic heterocycles. The van der Waals surface area contributed by atoms with E-state index in [1.54, 1.807) is 11.7 Å². The zero-order valence-electron chi connectivity index (χ0n) is 11.5. The van der Waals surface area contributed by atoms with Crippen LogP contribution in [0.1, 0.15) is 19.3 Å². The van der Waals surface area contributed by atoms with Gasteiger partial charge in [0.2, 0.25) is 11.2 Å². The maximum Gasteiger partial charge on any atom is 0.223 e. The SMILES string of the molecule is Cn1ncc(-c2nc(Cl)ncc2F)c1OCCCCCBr. The van der Waals surface area contributed by atoms with Gasteiger partial charge < -0.3 is 4.74 Å². The molecule has 2 rings (SSSR count). The largest absolute Gasteiger partial charge is 0.477 e. The molecular weight excluding hydrogens is 363 g/mol. The van der Waals surface area contributed by atoms with Crippen LogP contribution < -0.4 is 4.74 Å². The molecule has 0 spiro atoms. The molecule has 0 radical (unpaired) electrons. The van der Waals surface area contributed by atoms with Gasteiger partial charge >= 0.3 is 0 Å². The second-order valence-electron chi connectivity index (χ2n) is 4.42. The smallest absolute Gasteiger partial charge is 0.223 e. The summed E-state index contributed by atoms with van der Waals surface area (Å²) in [6.45, 7) is 0.542. The lowest BCUT2D eigenvalue weighted by Gasteiger charge is -2.09. The molecule has 2 aromatic rings. The van der Waals surface area contributed by atoms with E-state index in [1.807, 2.05) is 0 Å². The molecule has 0 aliphatic carbocycles. The summed E-state index contributed by atoms with van der Waals surface area (Å²) in [6.07, 6.45) is 5.63. The Morgan fingerprint density at radius 1 is 1.33 bits per heavy atom. The van der Waals surface area contributed by atoms with Crippen LogP contribution in [0.25, 0.3) is 11.3 Å². The van der Waals surface area contributed by atoms with Gasteiger partial charge in [-0.2, -0.15) is 5.10 Å². The van der Waals surface area contributed by atoms with Gasteiger partial charge in [-0.1, -0.05) is 15.9 Å². The summed E-state index contributed by atoms with van der Waals surface area (Å²) >= 11 is 9.11. The molecule has 0 unspecified atom stereocenters. The first-order valence-corrected chi connectivity index (χ1v) is 8.02. The van der Waals surface area contributed by atoms with Crippen molar-refractivity contribution in [1.29, 1.82) is 0 Å². The van der Waals surface area contributed by atoms with Crippen LogP contribution in [0.3, 0.4) is 0 Å². The number of unbranched alkanes of at least 4 members (excludes halogenated alkanes) is 2. The Labute approximate surface area is 135 Å². The topological polar surface area (TPSA) is 52.8 Å². The summed E-state index contributed by atoms with van der Waals surface area (Å²) < 4.78 is 21.1. The van der Waals surface area contributed by atoms with Crippen LogP contribution in [-0.2, 0) is 7.05 Å². The number of aromatic nitrogens is 4. The number of hydrogen-bond acceptors (Lipinski definition) is 4. The molecule has 0 atom stereocenters. The highest BCUT2D eigenvalue weighted by Gasteiger charge is 2.18. The lowest BCUT2D eigenvalue weighted by Crippen LogP contribution is -2.04. The third-order valence-electron chi connectivity index (χ3n) is 2.87. The number of nitrogens with zero attached hydrogens (tertiary/aromatic N) is 4. The summed E-state index contributed by atoms with van der Waals surface area (Å²) in [5.41, 5.74) is 0.568. The van der Waals surface area contributed by atoms with Crippen LogP contribution in [0, 0.1) is 5.82 Å². The number of hydrogen-bond donors (Lipinski definition) is 0. The summed E-state index contributed by atoms with van der Waals surface area (Å²) in [6, 6.07) is 0. The molecule has 0 saturated carbocycles. The van der Waals surface area contributed by atoms with Crippen molar-refractivity contribution >= 4 is 27.5 Å². The quantitative estimate of drug-likeness (QED) is 0.420. The van der Waals surface area contributed by atoms with Gasteiger partial charge in [0, 0.05) is 12.4 Å². The van der Waals surface area contributed by atoms with E-state index in [1.165, 1.54) is 6.20 Å². The predicted octanol–water partition coefficient (Wildman–Crippen LogP) is 3.61. The molecule has 21 heavy (non-hydrogen) atoms. The first kappa shape index (κ1) is 16.2. The van der Waals surface area contributed by atoms with Crippen LogP contribution in [0.4, 0.5) is 4.39 Å². The minimum atomic E-state index is -0.559. The number of rotatable bonds is 7. The van der Waals surface area contributed by atoms with Gasteiger partial charge in [0.25, 0.3) is 0 Å². The van der Waals surface area contributed by atoms with Gasteiger partial charge in [-0.15, -0.1) is 0 Å². The van der Waals surface area contributed by atoms with Crippen LogP contribution in [-0.4, -0.2) is 31.7 Å². The third-order valence-corrected chi connectivity index (χ3v) is 3.61. The molecule has 8 heteroatoms. The van der Waals surface area contributed by atoms with Crippen molar-refractivity contribution in [2.24, 2.45) is 7.05 Å². The van der Waals surface area contributed by atoms with Crippen molar-refractivity contribution in [2.75, 3.05) is 11.9 Å². The third kappa shape index (κ3) is 4.14. The molecule has 114 valence electrons. The average Bonchev–Trinajstić information content (AvgIpc) is 2.83. The Morgan fingerprint density at radius 3 is 2.90 bits per heavy atom. The molecule has 0 aliphatic rings. The normalized spacial score (nSPS) is 10.9. The number of alkyl halides is 1. The predicted molar refractivity (Wildman–Crippen MR) is 82.3 cm³/mol. The van der Waals surface area contributed by atoms with E-state index >= 15 is 0 Å². The van der Waals surface area contributed by atoms with E-state index in [0.717, 1.165) is 30.8 Å². The fraction of sp³-hybridized carbons (Fsp3) is 0.462. The Hall–Kier alpha value is -1.21. The van der Waals surface area contributed by atoms with Crippen molar-refractivity contribution in [3.63, 3.8) is 0 Å². The van der Waals surface area contributed by atoms with Crippen molar-refractivity contribution in [2.45, 2.75) is 19.3 Å². The fourth-order valence-corrected chi connectivity index (χ4v) is 2.37. The molecule has 2 heterocycles. The van der Waals surface area contributed by atoms with E-state index < -0.39 is 5.82 Å². The van der Waals surface area contributed by atoms with Gasteiger partial charge in [0.1, 0.15) is 5.69 Å². The summed E-state index contributed by atoms with van der Waals surface area (Å²) in [7, 11) is 1.73. The lowest BCUT2D eigenvalue weighted by atomic mass is 10.2. The van der Waals surface area contributed by atoms with Gasteiger partial charge in [-0.05, 0) is 30.9 Å². The van der Waals surface area contributed by atoms with Crippen LogP contribution in [0.5, 0.6) is 5.88 Å². The molecule has 5 nitrogen and oxygen atoms in total. The Morgan fingerprint density at radius 2 is 2.14 bits per heavy atom. The number of ether oxygens (including phenoxy) is 1. The zero-order chi connectivity index (χ0) is 15.2.